The van der Waals surface area contributed by atoms with Crippen LogP contribution in [-0.4, -0.2) is 49.7 Å². The molecule has 1 fully saturated rings. The van der Waals surface area contributed by atoms with Gasteiger partial charge in [-0.15, -0.1) is 0 Å². The summed E-state index contributed by atoms with van der Waals surface area (Å²) >= 11 is 0. The Hall–Kier alpha value is -1.10. The molecule has 0 aromatic rings. The number of methoxy groups -OCH3 is 1. The molecule has 0 bridgehead atoms. The molecule has 1 aliphatic heterocycles. The Bertz CT molecular complexity index is 267. The number of hydrogen-bond acceptors (Lipinski definition) is 4. The van der Waals surface area contributed by atoms with Crippen molar-refractivity contribution < 1.29 is 19.1 Å². The summed E-state index contributed by atoms with van der Waals surface area (Å²) < 4.78 is 9.77. The van der Waals surface area contributed by atoms with Gasteiger partial charge in [0, 0.05) is 19.2 Å². The second-order valence-corrected chi connectivity index (χ2v) is 4.15. The smallest absolute Gasteiger partial charge is 0.307 e. The van der Waals surface area contributed by atoms with E-state index in [0.29, 0.717) is 13.2 Å². The van der Waals surface area contributed by atoms with Gasteiger partial charge in [-0.05, 0) is 26.2 Å². The van der Waals surface area contributed by atoms with Crippen LogP contribution in [0.15, 0.2) is 0 Å². The largest absolute Gasteiger partial charge is 0.469 e. The van der Waals surface area contributed by atoms with E-state index < -0.39 is 0 Å². The van der Waals surface area contributed by atoms with Gasteiger partial charge in [-0.2, -0.15) is 0 Å². The second-order valence-electron chi connectivity index (χ2n) is 4.15. The Labute approximate surface area is 102 Å². The number of nitrogens with zero attached hydrogens (tertiary/aromatic N) is 1. The van der Waals surface area contributed by atoms with Gasteiger partial charge < -0.3 is 14.4 Å². The third kappa shape index (κ3) is 4.34. The van der Waals surface area contributed by atoms with E-state index in [4.69, 9.17) is 4.74 Å². The summed E-state index contributed by atoms with van der Waals surface area (Å²) in [5.41, 5.74) is 0. The zero-order valence-corrected chi connectivity index (χ0v) is 10.6. The maximum absolute atomic E-state index is 11.9. The van der Waals surface area contributed by atoms with Crippen LogP contribution in [0.1, 0.15) is 32.6 Å². The molecule has 5 nitrogen and oxygen atoms in total. The van der Waals surface area contributed by atoms with Gasteiger partial charge in [0.25, 0.3) is 0 Å². The molecule has 1 aliphatic rings. The number of carbonyl (C=O) groups excluding carboxylic acids is 2. The van der Waals surface area contributed by atoms with Crippen molar-refractivity contribution >= 4 is 11.9 Å². The Kier molecular flexibility index (Phi) is 5.97. The van der Waals surface area contributed by atoms with Gasteiger partial charge in [0.05, 0.1) is 13.5 Å². The van der Waals surface area contributed by atoms with E-state index in [2.05, 4.69) is 4.74 Å². The standard InChI is InChI=1S/C12H21NO4/c1-3-17-9-11(14)13-7-5-4-6-10(13)8-12(15)16-2/h10H,3-9H2,1-2H3. The van der Waals surface area contributed by atoms with Crippen molar-refractivity contribution in [2.75, 3.05) is 26.9 Å². The molecule has 1 rings (SSSR count). The summed E-state index contributed by atoms with van der Waals surface area (Å²) in [4.78, 5) is 24.9. The minimum absolute atomic E-state index is 0.0239. The molecule has 1 unspecified atom stereocenters. The molecule has 0 radical (unpaired) electrons. The number of carbonyl (C=O) groups is 2. The van der Waals surface area contributed by atoms with E-state index >= 15 is 0 Å². The topological polar surface area (TPSA) is 55.8 Å². The van der Waals surface area contributed by atoms with E-state index in [0.717, 1.165) is 19.3 Å². The number of likely N-dealkylation sites (tertiary alicyclic amines) is 1. The van der Waals surface area contributed by atoms with Crippen molar-refractivity contribution in [1.82, 2.24) is 4.90 Å². The average Bonchev–Trinajstić information content (AvgIpc) is 2.36. The lowest BCUT2D eigenvalue weighted by atomic mass is 9.99. The fourth-order valence-electron chi connectivity index (χ4n) is 2.09. The molecular formula is C12H21NO4. The first-order valence-corrected chi connectivity index (χ1v) is 6.13. The molecule has 0 spiro atoms. The van der Waals surface area contributed by atoms with Gasteiger partial charge in [0.2, 0.25) is 5.91 Å². The van der Waals surface area contributed by atoms with Crippen LogP contribution < -0.4 is 0 Å². The van der Waals surface area contributed by atoms with Gasteiger partial charge in [-0.1, -0.05) is 0 Å². The van der Waals surface area contributed by atoms with Gasteiger partial charge in [0.1, 0.15) is 6.61 Å². The van der Waals surface area contributed by atoms with Crippen LogP contribution in [0.4, 0.5) is 0 Å². The minimum Gasteiger partial charge on any atom is -0.469 e. The first kappa shape index (κ1) is 14.0. The van der Waals surface area contributed by atoms with Crippen LogP contribution in [0.3, 0.4) is 0 Å². The van der Waals surface area contributed by atoms with E-state index in [-0.39, 0.29) is 30.9 Å². The molecule has 1 atom stereocenters. The number of esters is 1. The highest BCUT2D eigenvalue weighted by molar-refractivity contribution is 5.79. The highest BCUT2D eigenvalue weighted by Gasteiger charge is 2.28. The van der Waals surface area contributed by atoms with Crippen LogP contribution in [0.2, 0.25) is 0 Å². The fourth-order valence-corrected chi connectivity index (χ4v) is 2.09. The number of piperidine rings is 1. The summed E-state index contributed by atoms with van der Waals surface area (Å²) in [6, 6.07) is -0.0239. The molecule has 17 heavy (non-hydrogen) atoms. The predicted octanol–water partition coefficient (Wildman–Crippen LogP) is 0.967. The van der Waals surface area contributed by atoms with Crippen molar-refractivity contribution in [2.45, 2.75) is 38.6 Å². The first-order chi connectivity index (χ1) is 8.19. The highest BCUT2D eigenvalue weighted by atomic mass is 16.5. The molecular weight excluding hydrogens is 222 g/mol. The maximum atomic E-state index is 11.9. The highest BCUT2D eigenvalue weighted by Crippen LogP contribution is 2.20. The van der Waals surface area contributed by atoms with Crippen molar-refractivity contribution in [3.05, 3.63) is 0 Å². The number of amides is 1. The zero-order chi connectivity index (χ0) is 12.7. The summed E-state index contributed by atoms with van der Waals surface area (Å²) in [7, 11) is 1.37. The van der Waals surface area contributed by atoms with Crippen LogP contribution >= 0.6 is 0 Å². The molecule has 0 aromatic carbocycles. The van der Waals surface area contributed by atoms with Crippen molar-refractivity contribution in [1.29, 1.82) is 0 Å². The molecule has 98 valence electrons. The minimum atomic E-state index is -0.258. The lowest BCUT2D eigenvalue weighted by Crippen LogP contribution is -2.46. The molecule has 1 heterocycles. The number of hydrogen-bond donors (Lipinski definition) is 0. The summed E-state index contributed by atoms with van der Waals surface area (Å²) in [5, 5.41) is 0. The van der Waals surface area contributed by atoms with Gasteiger partial charge >= 0.3 is 5.97 Å². The zero-order valence-electron chi connectivity index (χ0n) is 10.6. The third-order valence-corrected chi connectivity index (χ3v) is 3.01. The van der Waals surface area contributed by atoms with Crippen LogP contribution in [0.5, 0.6) is 0 Å². The van der Waals surface area contributed by atoms with Gasteiger partial charge in [0.15, 0.2) is 0 Å². The fraction of sp³-hybridized carbons (Fsp3) is 0.833. The summed E-state index contributed by atoms with van der Waals surface area (Å²) in [6.07, 6.45) is 3.21. The summed E-state index contributed by atoms with van der Waals surface area (Å²) in [6.45, 7) is 3.21. The molecule has 1 saturated heterocycles. The maximum Gasteiger partial charge on any atom is 0.307 e. The Balaban J connectivity index is 2.52. The molecule has 0 aromatic heterocycles. The van der Waals surface area contributed by atoms with Gasteiger partial charge in [-0.25, -0.2) is 0 Å². The summed E-state index contributed by atoms with van der Waals surface area (Å²) in [5.74, 6) is -0.286. The first-order valence-electron chi connectivity index (χ1n) is 6.13. The van der Waals surface area contributed by atoms with Crippen molar-refractivity contribution in [3.8, 4) is 0 Å². The Morgan fingerprint density at radius 2 is 2.12 bits per heavy atom. The van der Waals surface area contributed by atoms with E-state index in [1.807, 2.05) is 6.92 Å². The molecule has 5 heteroatoms. The van der Waals surface area contributed by atoms with Crippen molar-refractivity contribution in [2.24, 2.45) is 0 Å². The lowest BCUT2D eigenvalue weighted by molar-refractivity contribution is -0.146. The normalized spacial score (nSPS) is 20.1. The molecule has 0 saturated carbocycles. The molecule has 0 aliphatic carbocycles. The van der Waals surface area contributed by atoms with Crippen molar-refractivity contribution in [3.63, 3.8) is 0 Å². The SMILES string of the molecule is CCOCC(=O)N1CCCCC1CC(=O)OC. The van der Waals surface area contributed by atoms with E-state index in [9.17, 15) is 9.59 Å². The van der Waals surface area contributed by atoms with Crippen LogP contribution in [0.25, 0.3) is 0 Å². The second kappa shape index (κ2) is 7.27. The monoisotopic (exact) mass is 243 g/mol. The third-order valence-electron chi connectivity index (χ3n) is 3.01. The number of rotatable bonds is 5. The van der Waals surface area contributed by atoms with Crippen LogP contribution in [-0.2, 0) is 19.1 Å². The van der Waals surface area contributed by atoms with Crippen LogP contribution in [0, 0.1) is 0 Å². The van der Waals surface area contributed by atoms with Gasteiger partial charge in [-0.3, -0.25) is 9.59 Å². The van der Waals surface area contributed by atoms with E-state index in [1.54, 1.807) is 4.90 Å². The lowest BCUT2D eigenvalue weighted by Gasteiger charge is -2.35. The molecule has 0 N–H and O–H groups in total. The Morgan fingerprint density at radius 1 is 1.35 bits per heavy atom. The Morgan fingerprint density at radius 3 is 2.76 bits per heavy atom. The van der Waals surface area contributed by atoms with E-state index in [1.165, 1.54) is 7.11 Å². The quantitative estimate of drug-likeness (QED) is 0.675. The predicted molar refractivity (Wildman–Crippen MR) is 62.5 cm³/mol. The average molecular weight is 243 g/mol. The number of ether oxygens (including phenoxy) is 2. The molecule has 1 amide bonds.